The fourth-order valence-corrected chi connectivity index (χ4v) is 0.385. The van der Waals surface area contributed by atoms with E-state index in [9.17, 15) is 0 Å². The van der Waals surface area contributed by atoms with Crippen LogP contribution in [0, 0.1) is 0 Å². The summed E-state index contributed by atoms with van der Waals surface area (Å²) in [7, 11) is 24.0. The molecule has 52 valence electrons. The Morgan fingerprint density at radius 2 is 0.846 bits per heavy atom. The van der Waals surface area contributed by atoms with Crippen LogP contribution in [0.4, 0.5) is 0 Å². The maximum absolute atomic E-state index is 5.08. The molecule has 12 radical (unpaired) electrons. The van der Waals surface area contributed by atoms with E-state index in [4.69, 9.17) is 15.5 Å². The van der Waals surface area contributed by atoms with E-state index < -0.39 is 0 Å². The summed E-state index contributed by atoms with van der Waals surface area (Å²) in [4.78, 5) is 0. The molecule has 0 aliphatic heterocycles. The zero-order valence-corrected chi connectivity index (χ0v) is 7.64. The van der Waals surface area contributed by atoms with Crippen LogP contribution in [0.15, 0.2) is 0 Å². The minimum Gasteiger partial charge on any atom is -0.344 e. The molecule has 0 unspecified atom stereocenters. The van der Waals surface area contributed by atoms with Gasteiger partial charge in [0.05, 0.1) is 0 Å². The van der Waals surface area contributed by atoms with Crippen LogP contribution in [-0.2, 0) is 0 Å². The SMILES string of the molecule is N.NN.[B][B][B][B][B][B][B][B][B][B]. The van der Waals surface area contributed by atoms with Gasteiger partial charge in [0, 0.05) is 72.0 Å². The Kier molecular flexibility index (Phi) is 33.7. The monoisotopic (exact) mass is 159 g/mol. The van der Waals surface area contributed by atoms with E-state index in [2.05, 4.69) is 11.7 Å². The highest BCUT2D eigenvalue weighted by Gasteiger charge is 1.92. The van der Waals surface area contributed by atoms with Crippen molar-refractivity contribution in [2.75, 3.05) is 0 Å². The van der Waals surface area contributed by atoms with Gasteiger partial charge in [0.15, 0.2) is 0 Å². The summed E-state index contributed by atoms with van der Waals surface area (Å²) in [6, 6.07) is 0. The van der Waals surface area contributed by atoms with Gasteiger partial charge in [-0.25, -0.2) is 0 Å². The van der Waals surface area contributed by atoms with E-state index in [1.54, 1.807) is 14.1 Å². The molecule has 0 rings (SSSR count). The van der Waals surface area contributed by atoms with Crippen LogP contribution in [0.5, 0.6) is 0 Å². The smallest absolute Gasteiger partial charge is 0 e. The van der Waals surface area contributed by atoms with E-state index in [1.807, 2.05) is 28.2 Å². The van der Waals surface area contributed by atoms with Crippen molar-refractivity contribution in [3.63, 3.8) is 0 Å². The van der Waals surface area contributed by atoms with Crippen LogP contribution < -0.4 is 17.8 Å². The quantitative estimate of drug-likeness (QED) is 0.150. The Hall–Kier alpha value is 0.529. The second-order valence-corrected chi connectivity index (χ2v) is 1.54. The minimum atomic E-state index is 0. The largest absolute Gasteiger partial charge is 0.344 e. The lowest BCUT2D eigenvalue weighted by Gasteiger charge is -1.92. The first kappa shape index (κ1) is 19.2. The summed E-state index contributed by atoms with van der Waals surface area (Å²) >= 11 is 0. The highest BCUT2D eigenvalue weighted by Crippen LogP contribution is 1.54. The second kappa shape index (κ2) is 22.9. The van der Waals surface area contributed by atoms with Gasteiger partial charge >= 0.3 is 0 Å². The molecule has 7 N–H and O–H groups in total. The second-order valence-electron chi connectivity index (χ2n) is 1.54. The standard InChI is InChI=1S/B10.H4N2.H3N/c1-3-5-7-9-10-8-6-4-2;1-2;/h;1-2H2;1H3. The third kappa shape index (κ3) is 24.5. The van der Waals surface area contributed by atoms with Crippen LogP contribution in [0.3, 0.4) is 0 Å². The van der Waals surface area contributed by atoms with Crippen LogP contribution in [0.25, 0.3) is 0 Å². The molecule has 0 aromatic rings. The lowest BCUT2D eigenvalue weighted by atomic mass is 8.89. The third-order valence-electron chi connectivity index (χ3n) is 0.778. The average Bonchev–Trinajstić information content (AvgIpc) is 2.15. The van der Waals surface area contributed by atoms with Gasteiger partial charge in [0.25, 0.3) is 0 Å². The molecular formula is H7B10N3. The number of hydrogen-bond donors (Lipinski definition) is 3. The molecule has 0 heterocycles. The molecule has 0 aromatic carbocycles. The molecule has 0 spiro atoms. The highest BCUT2D eigenvalue weighted by molar-refractivity contribution is 7.68. The van der Waals surface area contributed by atoms with Gasteiger partial charge in [-0.15, -0.1) is 0 Å². The Morgan fingerprint density at radius 3 is 1.08 bits per heavy atom. The van der Waals surface area contributed by atoms with Gasteiger partial charge in [0.1, 0.15) is 0 Å². The van der Waals surface area contributed by atoms with Gasteiger partial charge in [-0.1, -0.05) is 0 Å². The van der Waals surface area contributed by atoms with Crippen LogP contribution in [0.2, 0.25) is 0 Å². The zero-order chi connectivity index (χ0) is 9.66. The van der Waals surface area contributed by atoms with E-state index in [0.29, 0.717) is 0 Å². The number of nitrogens with two attached hydrogens (primary N) is 2. The maximum Gasteiger partial charge on any atom is 0 e. The van der Waals surface area contributed by atoms with Gasteiger partial charge in [0.2, 0.25) is 0 Å². The Balaban J connectivity index is -0.000000309. The molecule has 0 aliphatic carbocycles. The molecular weight excluding hydrogens is 150 g/mol. The predicted molar refractivity (Wildman–Crippen MR) is 70.9 cm³/mol. The van der Waals surface area contributed by atoms with E-state index >= 15 is 0 Å². The van der Waals surface area contributed by atoms with Crippen molar-refractivity contribution in [2.24, 2.45) is 11.7 Å². The highest BCUT2D eigenvalue weighted by atomic mass is 15.0. The summed E-state index contributed by atoms with van der Waals surface area (Å²) in [5, 5.41) is 0. The Labute approximate surface area is 90.2 Å². The molecule has 0 amide bonds. The molecule has 3 nitrogen and oxygen atoms in total. The molecule has 13 heteroatoms. The maximum atomic E-state index is 5.08. The van der Waals surface area contributed by atoms with E-state index in [0.717, 1.165) is 0 Å². The molecule has 0 saturated heterocycles. The van der Waals surface area contributed by atoms with Crippen molar-refractivity contribution in [3.05, 3.63) is 0 Å². The summed E-state index contributed by atoms with van der Waals surface area (Å²) in [6.07, 6.45) is 0. The number of hydrogen-bond acceptors (Lipinski definition) is 3. The molecule has 0 atom stereocenters. The minimum absolute atomic E-state index is 0. The van der Waals surface area contributed by atoms with Gasteiger partial charge in [-0.05, 0) is 0 Å². The molecule has 0 saturated carbocycles. The third-order valence-corrected chi connectivity index (χ3v) is 0.778. The average molecular weight is 157 g/mol. The Bertz CT molecular complexity index is 50.1. The van der Waals surface area contributed by atoms with Crippen molar-refractivity contribution in [1.82, 2.24) is 6.15 Å². The van der Waals surface area contributed by atoms with Gasteiger partial charge in [-0.3, -0.25) is 11.7 Å². The van der Waals surface area contributed by atoms with Crippen molar-refractivity contribution in [1.29, 1.82) is 0 Å². The topological polar surface area (TPSA) is 87.0 Å². The first-order chi connectivity index (χ1) is 5.91. The molecule has 0 aliphatic rings. The number of rotatable bonds is 7. The summed E-state index contributed by atoms with van der Waals surface area (Å²) in [6.45, 7) is 0. The van der Waals surface area contributed by atoms with E-state index in [1.165, 1.54) is 14.1 Å². The molecule has 0 fully saturated rings. The fourth-order valence-electron chi connectivity index (χ4n) is 0.385. The number of hydrazine groups is 1. The molecule has 13 heavy (non-hydrogen) atoms. The van der Waals surface area contributed by atoms with Crippen LogP contribution in [0.1, 0.15) is 0 Å². The van der Waals surface area contributed by atoms with Crippen molar-refractivity contribution < 1.29 is 0 Å². The summed E-state index contributed by atoms with van der Waals surface area (Å²) < 4.78 is 0. The summed E-state index contributed by atoms with van der Waals surface area (Å²) in [5.41, 5.74) is 0. The van der Waals surface area contributed by atoms with Crippen LogP contribution >= 0.6 is 0 Å². The zero-order valence-electron chi connectivity index (χ0n) is 7.64. The summed E-state index contributed by atoms with van der Waals surface area (Å²) in [5.74, 6) is 8.00. The van der Waals surface area contributed by atoms with E-state index in [-0.39, 0.29) is 6.15 Å². The van der Waals surface area contributed by atoms with Gasteiger partial charge < -0.3 is 6.15 Å². The van der Waals surface area contributed by atoms with Gasteiger partial charge in [-0.2, -0.15) is 0 Å². The first-order valence-electron chi connectivity index (χ1n) is 3.33. The molecule has 0 aromatic heterocycles. The Morgan fingerprint density at radius 1 is 0.615 bits per heavy atom. The lowest BCUT2D eigenvalue weighted by molar-refractivity contribution is 1.26. The lowest BCUT2D eigenvalue weighted by Crippen LogP contribution is -2.30. The normalized spacial score (nSPS) is 5.69. The molecule has 0 bridgehead atoms. The fraction of sp³-hybridized carbons (Fsp3) is 0. The van der Waals surface area contributed by atoms with Crippen molar-refractivity contribution >= 4 is 72.0 Å². The van der Waals surface area contributed by atoms with Crippen LogP contribution in [-0.4, -0.2) is 72.0 Å². The van der Waals surface area contributed by atoms with Crippen molar-refractivity contribution in [3.8, 4) is 0 Å². The predicted octanol–water partition coefficient (Wildman–Crippen LogP) is -4.83. The van der Waals surface area contributed by atoms with Crippen molar-refractivity contribution in [2.45, 2.75) is 0 Å². The first-order valence-corrected chi connectivity index (χ1v) is 3.33.